The highest BCUT2D eigenvalue weighted by Gasteiger charge is 2.14. The fraction of sp³-hybridized carbons (Fsp3) is 0. The van der Waals surface area contributed by atoms with Gasteiger partial charge in [-0.05, 0) is 30.3 Å². The van der Waals surface area contributed by atoms with Crippen LogP contribution in [-0.4, -0.2) is 15.9 Å². The molecule has 0 aliphatic carbocycles. The minimum absolute atomic E-state index is 0.312. The van der Waals surface area contributed by atoms with E-state index in [0.717, 1.165) is 5.39 Å². The van der Waals surface area contributed by atoms with Crippen LogP contribution in [-0.2, 0) is 0 Å². The predicted octanol–water partition coefficient (Wildman–Crippen LogP) is 4.12. The zero-order chi connectivity index (χ0) is 14.1. The second-order valence-electron chi connectivity index (χ2n) is 4.19. The molecule has 3 aromatic rings. The number of carbonyl (C=O) groups excluding carboxylic acids is 1. The standard InChI is InChI=1S/C14H9Cl2N3O/c15-8-1-3-9(4-2-8)19-14(20)11-7-18-13-10(12(11)16)5-6-17-13/h1-7H,(H,17,18)(H,19,20). The highest BCUT2D eigenvalue weighted by molar-refractivity contribution is 6.38. The normalized spacial score (nSPS) is 10.7. The van der Waals surface area contributed by atoms with E-state index in [1.54, 1.807) is 36.5 Å². The topological polar surface area (TPSA) is 57.8 Å². The number of aromatic nitrogens is 2. The van der Waals surface area contributed by atoms with Crippen LogP contribution in [0.5, 0.6) is 0 Å². The largest absolute Gasteiger partial charge is 0.346 e. The zero-order valence-electron chi connectivity index (χ0n) is 10.2. The van der Waals surface area contributed by atoms with Crippen molar-refractivity contribution in [3.8, 4) is 0 Å². The summed E-state index contributed by atoms with van der Waals surface area (Å²) in [6.07, 6.45) is 3.18. The number of amides is 1. The summed E-state index contributed by atoms with van der Waals surface area (Å²) in [6.45, 7) is 0. The highest BCUT2D eigenvalue weighted by atomic mass is 35.5. The molecule has 0 radical (unpaired) electrons. The molecule has 0 saturated carbocycles. The van der Waals surface area contributed by atoms with Gasteiger partial charge in [0, 0.05) is 28.5 Å². The van der Waals surface area contributed by atoms with Gasteiger partial charge in [-0.2, -0.15) is 0 Å². The van der Waals surface area contributed by atoms with E-state index >= 15 is 0 Å². The predicted molar refractivity (Wildman–Crippen MR) is 80.5 cm³/mol. The molecule has 0 fully saturated rings. The molecule has 3 rings (SSSR count). The van der Waals surface area contributed by atoms with Crippen molar-refractivity contribution in [2.24, 2.45) is 0 Å². The van der Waals surface area contributed by atoms with Gasteiger partial charge >= 0.3 is 0 Å². The number of hydrogen-bond donors (Lipinski definition) is 2. The lowest BCUT2D eigenvalue weighted by Crippen LogP contribution is -2.12. The number of hydrogen-bond acceptors (Lipinski definition) is 2. The monoisotopic (exact) mass is 305 g/mol. The molecule has 20 heavy (non-hydrogen) atoms. The number of fused-ring (bicyclic) bond motifs is 1. The van der Waals surface area contributed by atoms with Crippen LogP contribution in [0.25, 0.3) is 11.0 Å². The Labute approximate surface area is 124 Å². The van der Waals surface area contributed by atoms with Crippen molar-refractivity contribution >= 4 is 45.8 Å². The van der Waals surface area contributed by atoms with Gasteiger partial charge in [0.05, 0.1) is 10.6 Å². The van der Waals surface area contributed by atoms with Gasteiger partial charge in [-0.1, -0.05) is 23.2 Å². The molecule has 6 heteroatoms. The van der Waals surface area contributed by atoms with E-state index in [4.69, 9.17) is 23.2 Å². The van der Waals surface area contributed by atoms with E-state index in [9.17, 15) is 4.79 Å². The van der Waals surface area contributed by atoms with Crippen LogP contribution >= 0.6 is 23.2 Å². The fourth-order valence-electron chi connectivity index (χ4n) is 1.87. The molecular formula is C14H9Cl2N3O. The quantitative estimate of drug-likeness (QED) is 0.748. The Balaban J connectivity index is 1.92. The summed E-state index contributed by atoms with van der Waals surface area (Å²) in [4.78, 5) is 19.3. The summed E-state index contributed by atoms with van der Waals surface area (Å²) in [5, 5.41) is 4.45. The lowest BCUT2D eigenvalue weighted by Gasteiger charge is -2.07. The lowest BCUT2D eigenvalue weighted by atomic mass is 10.2. The Morgan fingerprint density at radius 1 is 1.15 bits per heavy atom. The SMILES string of the molecule is O=C(Nc1ccc(Cl)cc1)c1cnc2[nH]ccc2c1Cl. The lowest BCUT2D eigenvalue weighted by molar-refractivity contribution is 0.102. The van der Waals surface area contributed by atoms with Crippen LogP contribution in [0.2, 0.25) is 10.0 Å². The van der Waals surface area contributed by atoms with Crippen LogP contribution in [0.4, 0.5) is 5.69 Å². The second kappa shape index (κ2) is 5.15. The first kappa shape index (κ1) is 13.0. The molecule has 0 aliphatic rings. The summed E-state index contributed by atoms with van der Waals surface area (Å²) in [7, 11) is 0. The molecule has 4 nitrogen and oxygen atoms in total. The molecule has 0 aliphatic heterocycles. The first-order valence-corrected chi connectivity index (χ1v) is 6.59. The van der Waals surface area contributed by atoms with Gasteiger partial charge in [0.25, 0.3) is 5.91 Å². The summed E-state index contributed by atoms with van der Waals surface area (Å²) < 4.78 is 0. The van der Waals surface area contributed by atoms with E-state index in [1.807, 2.05) is 0 Å². The van der Waals surface area contributed by atoms with E-state index in [-0.39, 0.29) is 5.91 Å². The second-order valence-corrected chi connectivity index (χ2v) is 5.00. The van der Waals surface area contributed by atoms with Crippen molar-refractivity contribution < 1.29 is 4.79 Å². The van der Waals surface area contributed by atoms with Gasteiger partial charge in [0.2, 0.25) is 0 Å². The van der Waals surface area contributed by atoms with Gasteiger partial charge in [0.15, 0.2) is 0 Å². The molecule has 0 spiro atoms. The number of rotatable bonds is 2. The van der Waals surface area contributed by atoms with E-state index < -0.39 is 0 Å². The smallest absolute Gasteiger partial charge is 0.258 e. The number of aromatic amines is 1. The number of anilines is 1. The third-order valence-corrected chi connectivity index (χ3v) is 3.53. The number of benzene rings is 1. The first-order valence-electron chi connectivity index (χ1n) is 5.83. The highest BCUT2D eigenvalue weighted by Crippen LogP contribution is 2.25. The molecule has 0 atom stereocenters. The fourth-order valence-corrected chi connectivity index (χ4v) is 2.28. The molecule has 1 aromatic carbocycles. The zero-order valence-corrected chi connectivity index (χ0v) is 11.7. The number of nitrogens with one attached hydrogen (secondary N) is 2. The van der Waals surface area contributed by atoms with Crippen molar-refractivity contribution in [2.45, 2.75) is 0 Å². The maximum absolute atomic E-state index is 12.2. The minimum Gasteiger partial charge on any atom is -0.346 e. The summed E-state index contributed by atoms with van der Waals surface area (Å²) in [6, 6.07) is 8.62. The molecule has 2 N–H and O–H groups in total. The summed E-state index contributed by atoms with van der Waals surface area (Å²) in [5.41, 5.74) is 1.62. The van der Waals surface area contributed by atoms with Crippen molar-refractivity contribution in [2.75, 3.05) is 5.32 Å². The number of carbonyl (C=O) groups is 1. The van der Waals surface area contributed by atoms with Gasteiger partial charge in [-0.15, -0.1) is 0 Å². The van der Waals surface area contributed by atoms with Crippen LogP contribution in [0.3, 0.4) is 0 Å². The maximum atomic E-state index is 12.2. The number of halogens is 2. The molecule has 2 aromatic heterocycles. The third-order valence-electron chi connectivity index (χ3n) is 2.87. The average Bonchev–Trinajstić information content (AvgIpc) is 2.91. The van der Waals surface area contributed by atoms with Gasteiger partial charge in [-0.3, -0.25) is 4.79 Å². The molecule has 0 unspecified atom stereocenters. The van der Waals surface area contributed by atoms with E-state index in [0.29, 0.717) is 26.9 Å². The van der Waals surface area contributed by atoms with Crippen molar-refractivity contribution in [1.29, 1.82) is 0 Å². The third kappa shape index (κ3) is 2.35. The summed E-state index contributed by atoms with van der Waals surface area (Å²) in [5.74, 6) is -0.312. The summed E-state index contributed by atoms with van der Waals surface area (Å²) >= 11 is 12.0. The van der Waals surface area contributed by atoms with Crippen LogP contribution in [0, 0.1) is 0 Å². The van der Waals surface area contributed by atoms with Crippen LogP contribution < -0.4 is 5.32 Å². The van der Waals surface area contributed by atoms with Crippen molar-refractivity contribution in [3.63, 3.8) is 0 Å². The van der Waals surface area contributed by atoms with E-state index in [2.05, 4.69) is 15.3 Å². The Bertz CT molecular complexity index is 781. The average molecular weight is 306 g/mol. The van der Waals surface area contributed by atoms with Crippen LogP contribution in [0.1, 0.15) is 10.4 Å². The van der Waals surface area contributed by atoms with Gasteiger partial charge in [0.1, 0.15) is 5.65 Å². The molecular weight excluding hydrogens is 297 g/mol. The molecule has 100 valence electrons. The van der Waals surface area contributed by atoms with Crippen LogP contribution in [0.15, 0.2) is 42.7 Å². The van der Waals surface area contributed by atoms with E-state index in [1.165, 1.54) is 6.20 Å². The number of nitrogens with zero attached hydrogens (tertiary/aromatic N) is 1. The molecule has 0 bridgehead atoms. The molecule has 1 amide bonds. The van der Waals surface area contributed by atoms with Crippen molar-refractivity contribution in [1.82, 2.24) is 9.97 Å². The first-order chi connectivity index (χ1) is 9.65. The Hall–Kier alpha value is -2.04. The van der Waals surface area contributed by atoms with Crippen molar-refractivity contribution in [3.05, 3.63) is 58.3 Å². The Morgan fingerprint density at radius 2 is 1.90 bits per heavy atom. The Morgan fingerprint density at radius 3 is 2.65 bits per heavy atom. The van der Waals surface area contributed by atoms with Gasteiger partial charge < -0.3 is 10.3 Å². The molecule has 0 saturated heterocycles. The Kier molecular flexibility index (Phi) is 3.34. The van der Waals surface area contributed by atoms with Gasteiger partial charge in [-0.25, -0.2) is 4.98 Å². The number of pyridine rings is 1. The maximum Gasteiger partial charge on any atom is 0.258 e. The number of H-pyrrole nitrogens is 1. The minimum atomic E-state index is -0.312. The molecule has 2 heterocycles.